The van der Waals surface area contributed by atoms with Gasteiger partial charge >= 0.3 is 0 Å². The number of nitrogens with zero attached hydrogens (tertiary/aromatic N) is 6. The van der Waals surface area contributed by atoms with Crippen LogP contribution in [0.25, 0.3) is 22.2 Å². The van der Waals surface area contributed by atoms with Crippen molar-refractivity contribution in [2.75, 3.05) is 75.6 Å². The maximum absolute atomic E-state index is 12.9. The summed E-state index contributed by atoms with van der Waals surface area (Å²) in [6, 6.07) is 19.7. The zero-order chi connectivity index (χ0) is 63.7. The van der Waals surface area contributed by atoms with Crippen LogP contribution in [0.5, 0.6) is 0 Å². The van der Waals surface area contributed by atoms with Crippen molar-refractivity contribution in [3.05, 3.63) is 131 Å². The molecule has 22 nitrogen and oxygen atoms in total. The number of ether oxygens (including phenoxy) is 2. The highest BCUT2D eigenvalue weighted by Crippen LogP contribution is 2.51. The summed E-state index contributed by atoms with van der Waals surface area (Å²) < 4.78 is 151. The summed E-state index contributed by atoms with van der Waals surface area (Å²) in [6.45, 7) is 14.7. The summed E-state index contributed by atoms with van der Waals surface area (Å²) in [6.07, 6.45) is 16.8. The SMILES string of the molecule is Cc1nn(CCOCCOCCNC(=O)CCCCCC2(C)\C(=C/C=C/C=C/C3=[N+](CCCS(=O)(=O)O)c4ccc(S(=O)(=O)O)cc4C3(C)C)N(CCCS(=O)(=O)O)c3ccc(S(=O)(=O)O)cc32)cc1-c1ccc2cc(CCN3CCC[C@H]3C)ccc2n1. The predicted octanol–water partition coefficient (Wildman–Crippen LogP) is 8.43. The van der Waals surface area contributed by atoms with Crippen LogP contribution in [-0.4, -0.2) is 164 Å². The predicted molar refractivity (Wildman–Crippen MR) is 338 cm³/mol. The van der Waals surface area contributed by atoms with Crippen molar-refractivity contribution in [3.63, 3.8) is 0 Å². The monoisotopic (exact) mass is 1290 g/mol. The van der Waals surface area contributed by atoms with Crippen LogP contribution in [0.3, 0.4) is 0 Å². The first-order valence-corrected chi connectivity index (χ1v) is 35.8. The fourth-order valence-electron chi connectivity index (χ4n) is 12.2. The van der Waals surface area contributed by atoms with E-state index in [0.717, 1.165) is 40.8 Å². The minimum absolute atomic E-state index is 0.00343. The van der Waals surface area contributed by atoms with Gasteiger partial charge in [-0.05, 0) is 145 Å². The molecular formula is C62H82N7O15S4+. The molecule has 0 bridgehead atoms. The molecule has 0 spiro atoms. The summed E-state index contributed by atoms with van der Waals surface area (Å²) in [5.41, 5.74) is 6.81. The fraction of sp³-hybridized carbons (Fsp3) is 0.484. The molecule has 1 amide bonds. The molecule has 3 aliphatic heterocycles. The van der Waals surface area contributed by atoms with Gasteiger partial charge in [0, 0.05) is 90.2 Å². The van der Waals surface area contributed by atoms with Gasteiger partial charge in [0.1, 0.15) is 6.54 Å². The average molecular weight is 1290 g/mol. The molecule has 5 N–H and O–H groups in total. The number of carbonyl (C=O) groups is 1. The summed E-state index contributed by atoms with van der Waals surface area (Å²) >= 11 is 0. The minimum Gasteiger partial charge on any atom is -0.377 e. The molecule has 0 saturated carbocycles. The number of likely N-dealkylation sites (tertiary alicyclic amines) is 1. The molecule has 5 aromatic rings. The number of unbranched alkanes of at least 4 members (excludes halogenated alkanes) is 2. The third-order valence-electron chi connectivity index (χ3n) is 16.8. The van der Waals surface area contributed by atoms with Crippen LogP contribution in [-0.2, 0) is 78.5 Å². The number of amides is 1. The van der Waals surface area contributed by atoms with Crippen LogP contribution in [0.2, 0.25) is 0 Å². The van der Waals surface area contributed by atoms with Crippen molar-refractivity contribution in [1.82, 2.24) is 25.0 Å². The molecule has 5 heterocycles. The van der Waals surface area contributed by atoms with Crippen molar-refractivity contribution in [2.45, 2.75) is 132 Å². The average Bonchev–Trinajstić information content (AvgIpc) is 1.63. The second kappa shape index (κ2) is 28.8. The van der Waals surface area contributed by atoms with Crippen LogP contribution in [0, 0.1) is 6.92 Å². The number of anilines is 1. The van der Waals surface area contributed by atoms with Gasteiger partial charge in [-0.1, -0.05) is 43.2 Å². The van der Waals surface area contributed by atoms with Crippen molar-refractivity contribution < 1.29 is 70.7 Å². The van der Waals surface area contributed by atoms with Crippen molar-refractivity contribution in [2.24, 2.45) is 0 Å². The number of hydrogen-bond acceptors (Lipinski definition) is 15. The number of allylic oxidation sites excluding steroid dienone is 6. The Labute approximate surface area is 517 Å². The van der Waals surface area contributed by atoms with E-state index in [0.29, 0.717) is 105 Å². The second-order valence-electron chi connectivity index (χ2n) is 23.6. The van der Waals surface area contributed by atoms with Gasteiger partial charge in [0.15, 0.2) is 5.71 Å². The Balaban J connectivity index is 0.826. The summed E-state index contributed by atoms with van der Waals surface area (Å²) in [5.74, 6) is -1.21. The molecule has 8 rings (SSSR count). The standard InChI is InChI=1S/C62H81N7O15S4/c1-45-15-12-30-66(45)33-27-47-19-23-54-48(41-47)20-24-55(64-54)51-44-67(65-46(51)2)34-36-84-38-37-83-35-29-63-60(70)18-10-7-11-28-62(5)53-43-50(88(80,81)82)22-26-57(53)69(32-14-40-86(74,75)76)59(62)17-9-6-8-16-58-61(3,4)52-42-49(87(77,78)79)21-25-56(52)68(58)31-13-39-85(71,72)73/h6,8-9,16-17,19-26,41-45H,7,10-15,18,27-40H2,1-5H3,(H4-,63,70,71,72,73,74,75,76,77,78,79,80,81,82)/p+1/t45-,62?/m1/s1. The van der Waals surface area contributed by atoms with E-state index in [2.05, 4.69) is 47.5 Å². The highest BCUT2D eigenvalue weighted by Gasteiger charge is 2.46. The minimum atomic E-state index is -4.65. The lowest BCUT2D eigenvalue weighted by atomic mass is 9.77. The Morgan fingerprint density at radius 3 is 2.17 bits per heavy atom. The summed E-state index contributed by atoms with van der Waals surface area (Å²) in [5, 5.41) is 8.72. The number of nitrogens with one attached hydrogen (secondary N) is 1. The molecule has 2 atom stereocenters. The van der Waals surface area contributed by atoms with Gasteiger partial charge in [0.2, 0.25) is 11.6 Å². The molecule has 1 saturated heterocycles. The Morgan fingerprint density at radius 1 is 0.761 bits per heavy atom. The first-order chi connectivity index (χ1) is 41.5. The maximum atomic E-state index is 12.9. The van der Waals surface area contributed by atoms with E-state index in [1.165, 1.54) is 55.3 Å². The van der Waals surface area contributed by atoms with E-state index >= 15 is 0 Å². The Morgan fingerprint density at radius 2 is 1.47 bits per heavy atom. The lowest BCUT2D eigenvalue weighted by Crippen LogP contribution is -2.30. The summed E-state index contributed by atoms with van der Waals surface area (Å²) in [7, 11) is -17.8. The van der Waals surface area contributed by atoms with Crippen LogP contribution < -0.4 is 10.2 Å². The van der Waals surface area contributed by atoms with Gasteiger partial charge in [-0.3, -0.25) is 27.7 Å². The number of pyridine rings is 1. The second-order valence-corrected chi connectivity index (χ2v) is 29.5. The van der Waals surface area contributed by atoms with E-state index in [1.54, 1.807) is 36.4 Å². The van der Waals surface area contributed by atoms with Crippen molar-refractivity contribution in [1.29, 1.82) is 0 Å². The van der Waals surface area contributed by atoms with Crippen molar-refractivity contribution in [3.8, 4) is 11.3 Å². The molecule has 26 heteroatoms. The van der Waals surface area contributed by atoms with Gasteiger partial charge in [0.25, 0.3) is 40.5 Å². The van der Waals surface area contributed by atoms with Gasteiger partial charge in [0.05, 0.1) is 76.6 Å². The quantitative estimate of drug-likeness (QED) is 0.0117. The molecule has 2 aromatic heterocycles. The molecule has 1 fully saturated rings. The molecule has 0 aliphatic carbocycles. The Bertz CT molecular complexity index is 3960. The fourth-order valence-corrected chi connectivity index (χ4v) is 14.2. The largest absolute Gasteiger partial charge is 0.377 e. The molecular weight excluding hydrogens is 1210 g/mol. The number of aromatic nitrogens is 3. The normalized spacial score (nSPS) is 18.7. The number of benzene rings is 3. The van der Waals surface area contributed by atoms with Gasteiger partial charge in [-0.25, -0.2) is 4.98 Å². The first-order valence-electron chi connectivity index (χ1n) is 29.7. The topological polar surface area (TPSA) is 305 Å². The molecule has 88 heavy (non-hydrogen) atoms. The third-order valence-corrected chi connectivity index (χ3v) is 20.1. The van der Waals surface area contributed by atoms with Gasteiger partial charge in [-0.15, -0.1) is 0 Å². The number of fused-ring (bicyclic) bond motifs is 3. The maximum Gasteiger partial charge on any atom is 0.294 e. The Kier molecular flexibility index (Phi) is 22.3. The van der Waals surface area contributed by atoms with Gasteiger partial charge in [-0.2, -0.15) is 43.3 Å². The number of carbonyl (C=O) groups excluding carboxylic acids is 1. The smallest absolute Gasteiger partial charge is 0.294 e. The zero-order valence-electron chi connectivity index (χ0n) is 50.5. The third kappa shape index (κ3) is 17.7. The van der Waals surface area contributed by atoms with E-state index < -0.39 is 62.8 Å². The molecule has 1 unspecified atom stereocenters. The zero-order valence-corrected chi connectivity index (χ0v) is 53.8. The number of rotatable bonds is 32. The van der Waals surface area contributed by atoms with Gasteiger partial charge < -0.3 is 24.6 Å². The van der Waals surface area contributed by atoms with Crippen LogP contribution in [0.1, 0.15) is 108 Å². The van der Waals surface area contributed by atoms with E-state index in [9.17, 15) is 56.7 Å². The molecule has 3 aromatic carbocycles. The highest BCUT2D eigenvalue weighted by atomic mass is 32.2. The van der Waals surface area contributed by atoms with Crippen LogP contribution in [0.15, 0.2) is 119 Å². The van der Waals surface area contributed by atoms with E-state index in [1.807, 2.05) is 48.0 Å². The summed E-state index contributed by atoms with van der Waals surface area (Å²) in [4.78, 5) is 21.7. The number of hydrogen-bond donors (Lipinski definition) is 5. The highest BCUT2D eigenvalue weighted by molar-refractivity contribution is 7.86. The van der Waals surface area contributed by atoms with E-state index in [-0.39, 0.29) is 48.1 Å². The first kappa shape index (κ1) is 67.9. The van der Waals surface area contributed by atoms with Crippen LogP contribution >= 0.6 is 0 Å². The molecule has 478 valence electrons. The van der Waals surface area contributed by atoms with E-state index in [4.69, 9.17) is 19.6 Å². The number of aryl methyl sites for hydroxylation is 1. The van der Waals surface area contributed by atoms with Crippen molar-refractivity contribution >= 4 is 74.4 Å². The lowest BCUT2D eigenvalue weighted by molar-refractivity contribution is -0.437. The van der Waals surface area contributed by atoms with Crippen LogP contribution in [0.4, 0.5) is 11.4 Å². The molecule has 0 radical (unpaired) electrons. The lowest BCUT2D eigenvalue weighted by Gasteiger charge is -2.30. The molecule has 3 aliphatic rings. The Hall–Kier alpha value is -6.04.